The van der Waals surface area contributed by atoms with E-state index in [1.54, 1.807) is 10.8 Å². The molecule has 8 heteroatoms. The lowest BCUT2D eigenvalue weighted by Gasteiger charge is -2.20. The van der Waals surface area contributed by atoms with Crippen molar-refractivity contribution in [2.75, 3.05) is 0 Å². The number of nitrogens with one attached hydrogen (secondary N) is 1. The summed E-state index contributed by atoms with van der Waals surface area (Å²) in [6.07, 6.45) is 9.79. The van der Waals surface area contributed by atoms with Gasteiger partial charge in [0.1, 0.15) is 0 Å². The van der Waals surface area contributed by atoms with Crippen LogP contribution in [0.25, 0.3) is 22.5 Å². The Morgan fingerprint density at radius 2 is 1.76 bits per heavy atom. The molecule has 1 fully saturated rings. The largest absolute Gasteiger partial charge is 0.335 e. The molecule has 2 aromatic heterocycles. The summed E-state index contributed by atoms with van der Waals surface area (Å²) in [5, 5.41) is 14.5. The number of tetrazole rings is 1. The third kappa shape index (κ3) is 5.85. The maximum Gasteiger partial charge on any atom is 0.335 e. The predicted molar refractivity (Wildman–Crippen MR) is 148 cm³/mol. The number of carbonyl (C=O) groups is 1. The maximum absolute atomic E-state index is 13.5. The van der Waals surface area contributed by atoms with Crippen LogP contribution in [0.2, 0.25) is 0 Å². The summed E-state index contributed by atoms with van der Waals surface area (Å²) in [5.74, 6) is 1.39. The summed E-state index contributed by atoms with van der Waals surface area (Å²) in [6, 6.07) is 16.1. The Labute approximate surface area is 223 Å². The Morgan fingerprint density at radius 1 is 1.03 bits per heavy atom. The maximum atomic E-state index is 13.5. The molecule has 1 N–H and O–H groups in total. The molecule has 198 valence electrons. The van der Waals surface area contributed by atoms with E-state index >= 15 is 0 Å². The van der Waals surface area contributed by atoms with E-state index in [1.165, 1.54) is 23.8 Å². The fraction of sp³-hybridized carbons (Fsp3) is 0.433. The predicted octanol–water partition coefficient (Wildman–Crippen LogP) is 5.74. The summed E-state index contributed by atoms with van der Waals surface area (Å²) < 4.78 is 3.16. The van der Waals surface area contributed by atoms with Gasteiger partial charge >= 0.3 is 5.69 Å². The molecule has 0 spiro atoms. The van der Waals surface area contributed by atoms with Crippen molar-refractivity contribution < 1.29 is 4.79 Å². The van der Waals surface area contributed by atoms with E-state index in [-0.39, 0.29) is 11.6 Å². The topological polar surface area (TPSA) is 98.5 Å². The van der Waals surface area contributed by atoms with Gasteiger partial charge in [0.2, 0.25) is 11.7 Å². The average molecular weight is 513 g/mol. The van der Waals surface area contributed by atoms with E-state index in [4.69, 9.17) is 0 Å². The van der Waals surface area contributed by atoms with Crippen LogP contribution in [0.3, 0.4) is 0 Å². The summed E-state index contributed by atoms with van der Waals surface area (Å²) in [4.78, 5) is 26.6. The second-order valence-corrected chi connectivity index (χ2v) is 10.9. The fourth-order valence-corrected chi connectivity index (χ4v) is 5.43. The fourth-order valence-electron chi connectivity index (χ4n) is 5.43. The van der Waals surface area contributed by atoms with E-state index in [0.717, 1.165) is 53.6 Å². The third-order valence-corrected chi connectivity index (χ3v) is 7.62. The molecule has 1 aliphatic carbocycles. The number of hydrogen-bond acceptors (Lipinski definition) is 5. The summed E-state index contributed by atoms with van der Waals surface area (Å²) >= 11 is 0. The Hall–Kier alpha value is -3.81. The second kappa shape index (κ2) is 11.7. The third-order valence-electron chi connectivity index (χ3n) is 7.62. The van der Waals surface area contributed by atoms with Crippen molar-refractivity contribution in [3.63, 3.8) is 0 Å². The van der Waals surface area contributed by atoms with Crippen LogP contribution in [-0.2, 0) is 13.0 Å². The van der Waals surface area contributed by atoms with Gasteiger partial charge in [0.25, 0.3) is 0 Å². The van der Waals surface area contributed by atoms with Gasteiger partial charge in [-0.1, -0.05) is 81.6 Å². The lowest BCUT2D eigenvalue weighted by Crippen LogP contribution is -2.30. The monoisotopic (exact) mass is 512 g/mol. The van der Waals surface area contributed by atoms with Crippen LogP contribution in [0.5, 0.6) is 0 Å². The number of aromatic amines is 1. The number of imidazole rings is 1. The van der Waals surface area contributed by atoms with Crippen molar-refractivity contribution in [2.24, 2.45) is 11.8 Å². The first-order chi connectivity index (χ1) is 18.5. The van der Waals surface area contributed by atoms with Gasteiger partial charge in [-0.25, -0.2) is 9.36 Å². The first-order valence-corrected chi connectivity index (χ1v) is 13.8. The molecule has 0 radical (unpaired) electrons. The SMILES string of the molecule is CC(C)CCc1cn(C(=O)CC2CCCCC2)c(=O)n1Cc1ccc(-c2ccccc2-c2nn[nH]n2)cc1. The first-order valence-electron chi connectivity index (χ1n) is 13.8. The molecule has 4 aromatic rings. The van der Waals surface area contributed by atoms with Crippen LogP contribution in [0.4, 0.5) is 0 Å². The number of hydrogen-bond donors (Lipinski definition) is 1. The zero-order valence-electron chi connectivity index (χ0n) is 22.3. The zero-order valence-corrected chi connectivity index (χ0v) is 22.3. The second-order valence-electron chi connectivity index (χ2n) is 10.9. The highest BCUT2D eigenvalue weighted by atomic mass is 16.2. The molecular weight excluding hydrogens is 476 g/mol. The number of benzene rings is 2. The summed E-state index contributed by atoms with van der Waals surface area (Å²) in [5.41, 5.74) is 4.64. The minimum atomic E-state index is -0.226. The van der Waals surface area contributed by atoms with Crippen molar-refractivity contribution in [3.8, 4) is 22.5 Å². The van der Waals surface area contributed by atoms with Crippen LogP contribution >= 0.6 is 0 Å². The Bertz CT molecular complexity index is 1410. The lowest BCUT2D eigenvalue weighted by atomic mass is 9.87. The van der Waals surface area contributed by atoms with Gasteiger partial charge < -0.3 is 0 Å². The van der Waals surface area contributed by atoms with Gasteiger partial charge in [-0.05, 0) is 59.4 Å². The van der Waals surface area contributed by atoms with E-state index < -0.39 is 0 Å². The highest BCUT2D eigenvalue weighted by Gasteiger charge is 2.22. The van der Waals surface area contributed by atoms with Gasteiger partial charge in [-0.15, -0.1) is 10.2 Å². The van der Waals surface area contributed by atoms with Crippen LogP contribution in [0.15, 0.2) is 59.5 Å². The van der Waals surface area contributed by atoms with Crippen molar-refractivity contribution in [1.82, 2.24) is 29.8 Å². The number of aromatic nitrogens is 6. The smallest absolute Gasteiger partial charge is 0.292 e. The molecule has 0 unspecified atom stereocenters. The van der Waals surface area contributed by atoms with E-state index in [9.17, 15) is 9.59 Å². The quantitative estimate of drug-likeness (QED) is 0.308. The van der Waals surface area contributed by atoms with Gasteiger partial charge in [-0.3, -0.25) is 9.36 Å². The van der Waals surface area contributed by atoms with Gasteiger partial charge in [0.05, 0.1) is 6.54 Å². The highest BCUT2D eigenvalue weighted by Crippen LogP contribution is 2.30. The van der Waals surface area contributed by atoms with Crippen molar-refractivity contribution in [2.45, 2.75) is 71.8 Å². The lowest BCUT2D eigenvalue weighted by molar-refractivity contribution is 0.0863. The number of nitrogens with zero attached hydrogens (tertiary/aromatic N) is 5. The number of carbonyl (C=O) groups excluding carboxylic acids is 1. The number of aryl methyl sites for hydroxylation is 1. The number of H-pyrrole nitrogens is 1. The van der Waals surface area contributed by atoms with E-state index in [0.29, 0.717) is 30.6 Å². The molecule has 2 aromatic carbocycles. The molecule has 38 heavy (non-hydrogen) atoms. The van der Waals surface area contributed by atoms with Crippen molar-refractivity contribution in [3.05, 3.63) is 76.5 Å². The average Bonchev–Trinajstić information content (AvgIpc) is 3.57. The van der Waals surface area contributed by atoms with Gasteiger partial charge in [0, 0.05) is 23.9 Å². The normalized spacial score (nSPS) is 14.3. The molecule has 5 rings (SSSR count). The minimum absolute atomic E-state index is 0.0696. The van der Waals surface area contributed by atoms with E-state index in [2.05, 4.69) is 46.6 Å². The molecule has 0 aliphatic heterocycles. The minimum Gasteiger partial charge on any atom is -0.292 e. The Balaban J connectivity index is 1.39. The van der Waals surface area contributed by atoms with Gasteiger partial charge in [-0.2, -0.15) is 5.21 Å². The molecule has 1 aliphatic rings. The highest BCUT2D eigenvalue weighted by molar-refractivity contribution is 5.80. The standard InChI is InChI=1S/C30H36N6O2/c1-21(2)12-17-25-20-36(28(37)18-22-8-4-3-5-9-22)30(38)35(25)19-23-13-15-24(16-14-23)26-10-6-7-11-27(26)29-31-33-34-32-29/h6-7,10-11,13-16,20-22H,3-5,8-9,12,17-19H2,1-2H3,(H,31,32,33,34). The molecule has 0 saturated heterocycles. The molecule has 0 bridgehead atoms. The molecule has 0 amide bonds. The van der Waals surface area contributed by atoms with Crippen molar-refractivity contribution in [1.29, 1.82) is 0 Å². The Kier molecular flexibility index (Phi) is 7.96. The molecule has 2 heterocycles. The van der Waals surface area contributed by atoms with Crippen LogP contribution in [0.1, 0.15) is 74.8 Å². The molecular formula is C30H36N6O2. The van der Waals surface area contributed by atoms with E-state index in [1.807, 2.05) is 36.4 Å². The molecule has 1 saturated carbocycles. The molecule has 0 atom stereocenters. The van der Waals surface area contributed by atoms with Crippen molar-refractivity contribution >= 4 is 5.91 Å². The number of rotatable bonds is 9. The molecule has 8 nitrogen and oxygen atoms in total. The van der Waals surface area contributed by atoms with Crippen LogP contribution in [-0.4, -0.2) is 35.7 Å². The Morgan fingerprint density at radius 3 is 2.45 bits per heavy atom. The summed E-state index contributed by atoms with van der Waals surface area (Å²) in [7, 11) is 0. The zero-order chi connectivity index (χ0) is 26.5. The summed E-state index contributed by atoms with van der Waals surface area (Å²) in [6.45, 7) is 4.79. The van der Waals surface area contributed by atoms with Crippen LogP contribution in [0, 0.1) is 11.8 Å². The first kappa shape index (κ1) is 25.8. The van der Waals surface area contributed by atoms with Crippen LogP contribution < -0.4 is 5.69 Å². The van der Waals surface area contributed by atoms with Gasteiger partial charge in [0.15, 0.2) is 0 Å².